The molecule has 0 spiro atoms. The first-order valence-corrected chi connectivity index (χ1v) is 7.71. The van der Waals surface area contributed by atoms with Crippen molar-refractivity contribution in [2.75, 3.05) is 0 Å². The summed E-state index contributed by atoms with van der Waals surface area (Å²) in [6, 6.07) is 2.15. The molecule has 21 heavy (non-hydrogen) atoms. The number of rotatable bonds is 7. The number of sulfonamides is 1. The molecule has 1 atom stereocenters. The Morgan fingerprint density at radius 1 is 1.52 bits per heavy atom. The molecule has 8 nitrogen and oxygen atoms in total. The number of hydrogen-bond donors (Lipinski definition) is 2. The van der Waals surface area contributed by atoms with Gasteiger partial charge >= 0.3 is 5.97 Å². The van der Waals surface area contributed by atoms with Crippen LogP contribution in [0.25, 0.3) is 0 Å². The van der Waals surface area contributed by atoms with Crippen molar-refractivity contribution in [3.63, 3.8) is 0 Å². The highest BCUT2D eigenvalue weighted by Gasteiger charge is 2.24. The first kappa shape index (κ1) is 17.3. The SMILES string of the molecule is CCC(CC(=O)O)NS(=O)(=O)c1ccc([N+](=O)[O-])cc1Cl. The van der Waals surface area contributed by atoms with Gasteiger partial charge in [-0.2, -0.15) is 0 Å². The molecule has 116 valence electrons. The third kappa shape index (κ3) is 4.66. The molecule has 0 aliphatic rings. The quantitative estimate of drug-likeness (QED) is 0.577. The number of nitro groups is 1. The minimum atomic E-state index is -4.06. The van der Waals surface area contributed by atoms with Gasteiger partial charge in [0, 0.05) is 18.2 Å². The van der Waals surface area contributed by atoms with Crippen LogP contribution in [-0.4, -0.2) is 30.5 Å². The molecule has 1 rings (SSSR count). The highest BCUT2D eigenvalue weighted by molar-refractivity contribution is 7.89. The van der Waals surface area contributed by atoms with Crippen molar-refractivity contribution in [3.05, 3.63) is 33.3 Å². The molecule has 1 aromatic carbocycles. The van der Waals surface area contributed by atoms with Crippen molar-refractivity contribution in [1.82, 2.24) is 4.72 Å². The van der Waals surface area contributed by atoms with Gasteiger partial charge in [0.1, 0.15) is 4.90 Å². The van der Waals surface area contributed by atoms with E-state index in [4.69, 9.17) is 16.7 Å². The first-order valence-electron chi connectivity index (χ1n) is 5.85. The Morgan fingerprint density at radius 3 is 2.57 bits per heavy atom. The van der Waals surface area contributed by atoms with Crippen LogP contribution in [0.5, 0.6) is 0 Å². The van der Waals surface area contributed by atoms with Gasteiger partial charge in [-0.05, 0) is 12.5 Å². The molecule has 1 aromatic rings. The second-order valence-corrected chi connectivity index (χ2v) is 6.29. The Bertz CT molecular complexity index is 661. The molecule has 0 aromatic heterocycles. The number of benzene rings is 1. The zero-order chi connectivity index (χ0) is 16.2. The standard InChI is InChI=1S/C11H13ClN2O6S/c1-2-7(5-11(15)16)13-21(19,20)10-4-3-8(14(17)18)6-9(10)12/h3-4,6-7,13H,2,5H2,1H3,(H,15,16). The number of halogens is 1. The number of carbonyl (C=O) groups is 1. The fraction of sp³-hybridized carbons (Fsp3) is 0.364. The summed E-state index contributed by atoms with van der Waals surface area (Å²) >= 11 is 5.75. The molecular weight excluding hydrogens is 324 g/mol. The number of nitro benzene ring substituents is 1. The smallest absolute Gasteiger partial charge is 0.304 e. The number of carboxylic acid groups (broad SMARTS) is 1. The van der Waals surface area contributed by atoms with Crippen LogP contribution in [0.15, 0.2) is 23.1 Å². The molecule has 0 bridgehead atoms. The third-order valence-corrected chi connectivity index (χ3v) is 4.65. The van der Waals surface area contributed by atoms with Gasteiger partial charge in [0.05, 0.1) is 16.4 Å². The van der Waals surface area contributed by atoms with Crippen molar-refractivity contribution < 1.29 is 23.2 Å². The van der Waals surface area contributed by atoms with E-state index < -0.39 is 27.0 Å². The molecular formula is C11H13ClN2O6S. The number of nitrogens with one attached hydrogen (secondary N) is 1. The third-order valence-electron chi connectivity index (χ3n) is 2.65. The van der Waals surface area contributed by atoms with E-state index in [0.717, 1.165) is 18.2 Å². The van der Waals surface area contributed by atoms with Crippen molar-refractivity contribution >= 4 is 33.3 Å². The Morgan fingerprint density at radius 2 is 2.14 bits per heavy atom. The summed E-state index contributed by atoms with van der Waals surface area (Å²) in [4.78, 5) is 20.2. The van der Waals surface area contributed by atoms with Crippen molar-refractivity contribution in [1.29, 1.82) is 0 Å². The Kier molecular flexibility index (Phi) is 5.64. The van der Waals surface area contributed by atoms with E-state index in [1.807, 2.05) is 0 Å². The Hall–Kier alpha value is -1.71. The number of aliphatic carboxylic acids is 1. The van der Waals surface area contributed by atoms with E-state index in [1.165, 1.54) is 0 Å². The van der Waals surface area contributed by atoms with Crippen LogP contribution < -0.4 is 4.72 Å². The maximum absolute atomic E-state index is 12.1. The fourth-order valence-electron chi connectivity index (χ4n) is 1.58. The molecule has 0 amide bonds. The predicted molar refractivity (Wildman–Crippen MR) is 74.8 cm³/mol. The average Bonchev–Trinajstić information content (AvgIpc) is 2.36. The number of hydrogen-bond acceptors (Lipinski definition) is 5. The van der Waals surface area contributed by atoms with Crippen molar-refractivity contribution in [2.24, 2.45) is 0 Å². The monoisotopic (exact) mass is 336 g/mol. The Labute approximate surface area is 125 Å². The number of carboxylic acids is 1. The van der Waals surface area contributed by atoms with E-state index in [0.29, 0.717) is 0 Å². The van der Waals surface area contributed by atoms with Crippen LogP contribution in [-0.2, 0) is 14.8 Å². The number of non-ortho nitro benzene ring substituents is 1. The van der Waals surface area contributed by atoms with Gasteiger partial charge in [-0.1, -0.05) is 18.5 Å². The number of nitrogens with zero attached hydrogens (tertiary/aromatic N) is 1. The molecule has 2 N–H and O–H groups in total. The van der Waals surface area contributed by atoms with E-state index >= 15 is 0 Å². The molecule has 1 unspecified atom stereocenters. The highest BCUT2D eigenvalue weighted by atomic mass is 35.5. The molecule has 0 aliphatic carbocycles. The lowest BCUT2D eigenvalue weighted by molar-refractivity contribution is -0.384. The highest BCUT2D eigenvalue weighted by Crippen LogP contribution is 2.26. The largest absolute Gasteiger partial charge is 0.481 e. The summed E-state index contributed by atoms with van der Waals surface area (Å²) in [5.41, 5.74) is -0.337. The van der Waals surface area contributed by atoms with Gasteiger partial charge < -0.3 is 5.11 Å². The van der Waals surface area contributed by atoms with E-state index in [2.05, 4.69) is 4.72 Å². The molecule has 10 heteroatoms. The minimum absolute atomic E-state index is 0.274. The van der Waals surface area contributed by atoms with Crippen LogP contribution in [0.3, 0.4) is 0 Å². The van der Waals surface area contributed by atoms with Crippen LogP contribution in [0.4, 0.5) is 5.69 Å². The van der Waals surface area contributed by atoms with Gasteiger partial charge in [-0.15, -0.1) is 0 Å². The lowest BCUT2D eigenvalue weighted by Crippen LogP contribution is -2.36. The summed E-state index contributed by atoms with van der Waals surface area (Å²) in [6.45, 7) is 1.63. The lowest BCUT2D eigenvalue weighted by Gasteiger charge is -2.15. The lowest BCUT2D eigenvalue weighted by atomic mass is 10.2. The minimum Gasteiger partial charge on any atom is -0.481 e. The maximum Gasteiger partial charge on any atom is 0.304 e. The van der Waals surface area contributed by atoms with E-state index in [9.17, 15) is 23.3 Å². The zero-order valence-corrected chi connectivity index (χ0v) is 12.5. The van der Waals surface area contributed by atoms with Crippen LogP contribution in [0.2, 0.25) is 5.02 Å². The molecule has 0 fully saturated rings. The summed E-state index contributed by atoms with van der Waals surface area (Å²) in [5, 5.41) is 19.0. The topological polar surface area (TPSA) is 127 Å². The van der Waals surface area contributed by atoms with E-state index in [-0.39, 0.29) is 28.4 Å². The zero-order valence-electron chi connectivity index (χ0n) is 10.9. The molecule has 0 heterocycles. The second kappa shape index (κ2) is 6.83. The van der Waals surface area contributed by atoms with Gasteiger partial charge in [0.25, 0.3) is 5.69 Å². The van der Waals surface area contributed by atoms with Gasteiger partial charge in [0.15, 0.2) is 0 Å². The van der Waals surface area contributed by atoms with Crippen LogP contribution >= 0.6 is 11.6 Å². The summed E-state index contributed by atoms with van der Waals surface area (Å²) < 4.78 is 26.5. The summed E-state index contributed by atoms with van der Waals surface area (Å²) in [5.74, 6) is -1.14. The second-order valence-electron chi connectivity index (χ2n) is 4.20. The molecule has 0 aliphatic heterocycles. The average molecular weight is 337 g/mol. The van der Waals surface area contributed by atoms with Gasteiger partial charge in [-0.25, -0.2) is 13.1 Å². The molecule has 0 saturated heterocycles. The van der Waals surface area contributed by atoms with Crippen LogP contribution in [0.1, 0.15) is 19.8 Å². The predicted octanol–water partition coefficient (Wildman–Crippen LogP) is 1.78. The molecule has 0 saturated carbocycles. The normalized spacial score (nSPS) is 12.9. The summed E-state index contributed by atoms with van der Waals surface area (Å²) in [6.07, 6.45) is -0.101. The van der Waals surface area contributed by atoms with Crippen LogP contribution in [0, 0.1) is 10.1 Å². The Balaban J connectivity index is 3.07. The summed E-state index contributed by atoms with van der Waals surface area (Å²) in [7, 11) is -4.06. The fourth-order valence-corrected chi connectivity index (χ4v) is 3.44. The van der Waals surface area contributed by atoms with E-state index in [1.54, 1.807) is 6.92 Å². The maximum atomic E-state index is 12.1. The van der Waals surface area contributed by atoms with Gasteiger partial charge in [0.2, 0.25) is 10.0 Å². The molecule has 0 radical (unpaired) electrons. The van der Waals surface area contributed by atoms with Crippen molar-refractivity contribution in [2.45, 2.75) is 30.7 Å². The first-order chi connectivity index (χ1) is 9.67. The van der Waals surface area contributed by atoms with Crippen molar-refractivity contribution in [3.8, 4) is 0 Å². The van der Waals surface area contributed by atoms with Gasteiger partial charge in [-0.3, -0.25) is 14.9 Å².